The molecule has 3 rings (SSSR count). The van der Waals surface area contributed by atoms with Crippen LogP contribution in [0.3, 0.4) is 0 Å². The number of aryl methyl sites for hydroxylation is 1. The second kappa shape index (κ2) is 10.9. The molecule has 1 heterocycles. The van der Waals surface area contributed by atoms with Crippen molar-refractivity contribution in [3.8, 4) is 17.5 Å². The Morgan fingerprint density at radius 1 is 1.12 bits per heavy atom. The van der Waals surface area contributed by atoms with Crippen molar-refractivity contribution < 1.29 is 27.8 Å². The molecule has 34 heavy (non-hydrogen) atoms. The number of halogens is 3. The van der Waals surface area contributed by atoms with Crippen LogP contribution < -0.4 is 4.74 Å². The van der Waals surface area contributed by atoms with Gasteiger partial charge in [-0.25, -0.2) is 4.79 Å². The largest absolute Gasteiger partial charge is 0.453 e. The van der Waals surface area contributed by atoms with Gasteiger partial charge in [-0.1, -0.05) is 15.9 Å². The summed E-state index contributed by atoms with van der Waals surface area (Å²) >= 11 is 3.41. The zero-order chi connectivity index (χ0) is 24.8. The maximum atomic E-state index is 12.4. The molecular weight excluding hydrogens is 510 g/mol. The van der Waals surface area contributed by atoms with Gasteiger partial charge in [-0.2, -0.15) is 14.0 Å². The minimum Gasteiger partial charge on any atom is -0.453 e. The summed E-state index contributed by atoms with van der Waals surface area (Å²) in [5, 5.41) is 9.47. The van der Waals surface area contributed by atoms with Crippen molar-refractivity contribution in [2.45, 2.75) is 20.5 Å². The Bertz CT molecular complexity index is 1270. The first-order valence-corrected chi connectivity index (χ1v) is 10.8. The van der Waals surface area contributed by atoms with Crippen LogP contribution in [0.15, 0.2) is 64.6 Å². The number of alkyl halides is 2. The quantitative estimate of drug-likeness (QED) is 0.160. The van der Waals surface area contributed by atoms with E-state index in [2.05, 4.69) is 20.7 Å². The number of carbonyl (C=O) groups is 2. The van der Waals surface area contributed by atoms with E-state index >= 15 is 0 Å². The smallest absolute Gasteiger partial charge is 0.387 e. The molecule has 0 aliphatic rings. The van der Waals surface area contributed by atoms with Gasteiger partial charge < -0.3 is 14.0 Å². The highest BCUT2D eigenvalue weighted by Gasteiger charge is 2.17. The van der Waals surface area contributed by atoms with Crippen molar-refractivity contribution in [3.05, 3.63) is 87.2 Å². The van der Waals surface area contributed by atoms with Crippen molar-refractivity contribution in [2.75, 3.05) is 6.61 Å². The summed E-state index contributed by atoms with van der Waals surface area (Å²) in [4.78, 5) is 24.7. The Hall–Kier alpha value is -3.77. The molecule has 0 saturated heterocycles. The number of rotatable bonds is 8. The maximum absolute atomic E-state index is 12.4. The lowest BCUT2D eigenvalue weighted by Crippen LogP contribution is -2.15. The van der Waals surface area contributed by atoms with Crippen LogP contribution in [-0.4, -0.2) is 29.5 Å². The van der Waals surface area contributed by atoms with E-state index in [4.69, 9.17) is 4.74 Å². The zero-order valence-corrected chi connectivity index (χ0v) is 19.8. The monoisotopic (exact) mass is 528 g/mol. The van der Waals surface area contributed by atoms with Gasteiger partial charge in [0.05, 0.1) is 0 Å². The third-order valence-corrected chi connectivity index (χ3v) is 5.46. The molecule has 3 aromatic rings. The van der Waals surface area contributed by atoms with Crippen LogP contribution in [0.5, 0.6) is 5.75 Å². The van der Waals surface area contributed by atoms with Crippen LogP contribution in [0.1, 0.15) is 27.3 Å². The van der Waals surface area contributed by atoms with Gasteiger partial charge >= 0.3 is 12.6 Å². The van der Waals surface area contributed by atoms with Gasteiger partial charge in [0.15, 0.2) is 12.4 Å². The molecular formula is C25H19BrF2N2O4. The van der Waals surface area contributed by atoms with Gasteiger partial charge in [-0.15, -0.1) is 0 Å². The molecule has 174 valence electrons. The third-order valence-electron chi connectivity index (χ3n) is 4.93. The molecule has 2 aromatic carbocycles. The summed E-state index contributed by atoms with van der Waals surface area (Å²) < 4.78 is 36.6. The first kappa shape index (κ1) is 24.9. The molecule has 0 aliphatic carbocycles. The lowest BCUT2D eigenvalue weighted by molar-refractivity contribution is -0.137. The molecule has 0 saturated carbocycles. The number of carbonyl (C=O) groups excluding carboxylic acids is 2. The highest BCUT2D eigenvalue weighted by molar-refractivity contribution is 9.10. The zero-order valence-electron chi connectivity index (χ0n) is 18.2. The van der Waals surface area contributed by atoms with Crippen molar-refractivity contribution >= 4 is 33.8 Å². The minimum absolute atomic E-state index is 0.0982. The Morgan fingerprint density at radius 3 is 2.35 bits per heavy atom. The molecule has 0 fully saturated rings. The predicted octanol–water partition coefficient (Wildman–Crippen LogP) is 5.79. The lowest BCUT2D eigenvalue weighted by atomic mass is 10.1. The fourth-order valence-electron chi connectivity index (χ4n) is 3.33. The van der Waals surface area contributed by atoms with Gasteiger partial charge in [0.25, 0.3) is 0 Å². The molecule has 0 N–H and O–H groups in total. The maximum Gasteiger partial charge on any atom is 0.387 e. The van der Waals surface area contributed by atoms with Crippen LogP contribution in [0.2, 0.25) is 0 Å². The Balaban J connectivity index is 1.72. The average molecular weight is 529 g/mol. The number of aromatic nitrogens is 1. The summed E-state index contributed by atoms with van der Waals surface area (Å²) in [5.74, 6) is -1.59. The first-order valence-electron chi connectivity index (χ1n) is 10.0. The number of hydrogen-bond donors (Lipinski definition) is 0. The summed E-state index contributed by atoms with van der Waals surface area (Å²) in [6.07, 6.45) is 1.42. The first-order chi connectivity index (χ1) is 16.2. The number of esters is 1. The normalized spacial score (nSPS) is 11.3. The molecule has 0 radical (unpaired) electrons. The standard InChI is InChI=1S/C25H19BrF2N2O4/c1-15-11-18(16(2)30(15)21-7-5-20(26)6-8-21)12-19(13-29)24(32)33-14-23(31)17-3-9-22(10-4-17)34-25(27)28/h3-12,25H,14H2,1-2H3/b19-12+. The van der Waals surface area contributed by atoms with E-state index in [1.165, 1.54) is 30.3 Å². The minimum atomic E-state index is -2.97. The van der Waals surface area contributed by atoms with E-state index < -0.39 is 25.0 Å². The SMILES string of the molecule is Cc1cc(/C=C(\C#N)C(=O)OCC(=O)c2ccc(OC(F)F)cc2)c(C)n1-c1ccc(Br)cc1. The molecule has 1 aromatic heterocycles. The molecule has 0 amide bonds. The summed E-state index contributed by atoms with van der Waals surface area (Å²) in [6.45, 7) is 0.196. The second-order valence-electron chi connectivity index (χ2n) is 7.21. The van der Waals surface area contributed by atoms with Gasteiger partial charge in [0, 0.05) is 27.1 Å². The summed E-state index contributed by atoms with van der Waals surface area (Å²) in [6, 6.07) is 16.4. The van der Waals surface area contributed by atoms with E-state index in [0.29, 0.717) is 5.56 Å². The third kappa shape index (κ3) is 5.97. The fourth-order valence-corrected chi connectivity index (χ4v) is 3.59. The van der Waals surface area contributed by atoms with Gasteiger partial charge in [-0.3, -0.25) is 4.79 Å². The Labute approximate surface area is 203 Å². The number of hydrogen-bond acceptors (Lipinski definition) is 5. The van der Waals surface area contributed by atoms with Crippen LogP contribution in [-0.2, 0) is 9.53 Å². The van der Waals surface area contributed by atoms with E-state index in [9.17, 15) is 23.6 Å². The number of ketones is 1. The average Bonchev–Trinajstić information content (AvgIpc) is 3.09. The molecule has 0 unspecified atom stereocenters. The van der Waals surface area contributed by atoms with E-state index in [1.54, 1.807) is 0 Å². The fraction of sp³-hybridized carbons (Fsp3) is 0.160. The molecule has 6 nitrogen and oxygen atoms in total. The molecule has 0 aliphatic heterocycles. The summed E-state index contributed by atoms with van der Waals surface area (Å²) in [7, 11) is 0. The van der Waals surface area contributed by atoms with Crippen molar-refractivity contribution in [2.24, 2.45) is 0 Å². The molecule has 0 atom stereocenters. The second-order valence-corrected chi connectivity index (χ2v) is 8.13. The summed E-state index contributed by atoms with van der Waals surface area (Å²) in [5.41, 5.74) is 3.21. The number of Topliss-reactive ketones (excluding diaryl/α,β-unsaturated/α-hetero) is 1. The highest BCUT2D eigenvalue weighted by atomic mass is 79.9. The van der Waals surface area contributed by atoms with E-state index in [1.807, 2.05) is 54.8 Å². The van der Waals surface area contributed by atoms with E-state index in [-0.39, 0.29) is 16.9 Å². The van der Waals surface area contributed by atoms with Crippen LogP contribution >= 0.6 is 15.9 Å². The van der Waals surface area contributed by atoms with Crippen LogP contribution in [0.25, 0.3) is 11.8 Å². The highest BCUT2D eigenvalue weighted by Crippen LogP contribution is 2.24. The van der Waals surface area contributed by atoms with Crippen LogP contribution in [0, 0.1) is 25.2 Å². The number of ether oxygens (including phenoxy) is 2. The van der Waals surface area contributed by atoms with Gasteiger partial charge in [-0.05, 0) is 80.1 Å². The predicted molar refractivity (Wildman–Crippen MR) is 125 cm³/mol. The number of nitrogens with zero attached hydrogens (tertiary/aromatic N) is 2. The molecule has 0 spiro atoms. The molecule has 0 bridgehead atoms. The Kier molecular flexibility index (Phi) is 7.97. The number of benzene rings is 2. The van der Waals surface area contributed by atoms with E-state index in [0.717, 1.165) is 21.5 Å². The lowest BCUT2D eigenvalue weighted by Gasteiger charge is -2.09. The van der Waals surface area contributed by atoms with Crippen molar-refractivity contribution in [1.82, 2.24) is 4.57 Å². The van der Waals surface area contributed by atoms with Crippen molar-refractivity contribution in [1.29, 1.82) is 5.26 Å². The van der Waals surface area contributed by atoms with Gasteiger partial charge in [0.1, 0.15) is 17.4 Å². The van der Waals surface area contributed by atoms with Gasteiger partial charge in [0.2, 0.25) is 0 Å². The number of nitriles is 1. The van der Waals surface area contributed by atoms with Crippen molar-refractivity contribution in [3.63, 3.8) is 0 Å². The molecule has 9 heteroatoms. The Morgan fingerprint density at radius 2 is 1.76 bits per heavy atom. The topological polar surface area (TPSA) is 81.3 Å². The van der Waals surface area contributed by atoms with Crippen LogP contribution in [0.4, 0.5) is 8.78 Å².